The number of aromatic nitrogens is 2. The summed E-state index contributed by atoms with van der Waals surface area (Å²) in [5.41, 5.74) is 3.95. The molecule has 3 aromatic rings. The minimum Gasteiger partial charge on any atom is -0.390 e. The second-order valence-corrected chi connectivity index (χ2v) is 6.83. The summed E-state index contributed by atoms with van der Waals surface area (Å²) in [6.07, 6.45) is 0.0141. The van der Waals surface area contributed by atoms with Crippen molar-refractivity contribution < 1.29 is 9.90 Å². The van der Waals surface area contributed by atoms with Gasteiger partial charge in [-0.1, -0.05) is 48.2 Å². The van der Waals surface area contributed by atoms with Crippen molar-refractivity contribution in [1.29, 1.82) is 0 Å². The van der Waals surface area contributed by atoms with Crippen LogP contribution in [0.5, 0.6) is 0 Å². The van der Waals surface area contributed by atoms with Crippen molar-refractivity contribution >= 4 is 28.7 Å². The van der Waals surface area contributed by atoms with Crippen LogP contribution in [-0.4, -0.2) is 32.8 Å². The quantitative estimate of drug-likeness (QED) is 0.638. The largest absolute Gasteiger partial charge is 0.390 e. The fourth-order valence-corrected chi connectivity index (χ4v) is 3.79. The fraction of sp³-hybridized carbons (Fsp3) is 0.222. The maximum absolute atomic E-state index is 12.3. The average molecular weight is 339 g/mol. The molecule has 0 saturated carbocycles. The van der Waals surface area contributed by atoms with E-state index < -0.39 is 6.10 Å². The topological polar surface area (TPSA) is 78.0 Å². The zero-order chi connectivity index (χ0) is 16.5. The van der Waals surface area contributed by atoms with Gasteiger partial charge < -0.3 is 15.4 Å². The summed E-state index contributed by atoms with van der Waals surface area (Å²) in [7, 11) is 0. The molecular formula is C18H17N3O2S. The molecule has 1 aromatic heterocycles. The Morgan fingerprint density at radius 2 is 2.04 bits per heavy atom. The van der Waals surface area contributed by atoms with E-state index in [2.05, 4.69) is 15.3 Å². The number of rotatable bonds is 4. The van der Waals surface area contributed by atoms with Gasteiger partial charge in [0.25, 0.3) is 0 Å². The highest BCUT2D eigenvalue weighted by Crippen LogP contribution is 2.31. The summed E-state index contributed by atoms with van der Waals surface area (Å²) in [5.74, 6) is 0.145. The number of aliphatic hydroxyl groups excluding tert-OH is 1. The number of aromatic amines is 1. The van der Waals surface area contributed by atoms with Gasteiger partial charge in [-0.2, -0.15) is 0 Å². The smallest absolute Gasteiger partial charge is 0.231 e. The van der Waals surface area contributed by atoms with E-state index in [0.717, 1.165) is 27.3 Å². The molecule has 0 fully saturated rings. The van der Waals surface area contributed by atoms with Crippen LogP contribution in [0.15, 0.2) is 53.7 Å². The minimum atomic E-state index is -0.567. The highest BCUT2D eigenvalue weighted by Gasteiger charge is 2.31. The van der Waals surface area contributed by atoms with Gasteiger partial charge in [0, 0.05) is 6.42 Å². The van der Waals surface area contributed by atoms with Crippen molar-refractivity contribution in [3.63, 3.8) is 0 Å². The number of amides is 1. The van der Waals surface area contributed by atoms with Crippen LogP contribution in [0.1, 0.15) is 17.2 Å². The van der Waals surface area contributed by atoms with E-state index in [0.29, 0.717) is 6.42 Å². The number of hydrogen-bond donors (Lipinski definition) is 3. The SMILES string of the molecule is O=C(CSc1nc2ccccc2[nH]1)NC1c2ccccc2CC1O. The Bertz CT molecular complexity index is 860. The molecule has 1 aliphatic rings. The number of fused-ring (bicyclic) bond motifs is 2. The molecule has 0 spiro atoms. The third-order valence-corrected chi connectivity index (χ3v) is 5.10. The number of carbonyl (C=O) groups is 1. The number of hydrogen-bond acceptors (Lipinski definition) is 4. The lowest BCUT2D eigenvalue weighted by Crippen LogP contribution is -2.34. The maximum atomic E-state index is 12.3. The highest BCUT2D eigenvalue weighted by atomic mass is 32.2. The molecule has 0 radical (unpaired) electrons. The molecule has 2 atom stereocenters. The van der Waals surface area contributed by atoms with E-state index >= 15 is 0 Å². The summed E-state index contributed by atoms with van der Waals surface area (Å²) < 4.78 is 0. The minimum absolute atomic E-state index is 0.110. The lowest BCUT2D eigenvalue weighted by molar-refractivity contribution is -0.120. The van der Waals surface area contributed by atoms with Crippen molar-refractivity contribution in [3.8, 4) is 0 Å². The normalized spacial score (nSPS) is 19.4. The standard InChI is InChI=1S/C18H17N3O2S/c22-15-9-11-5-1-2-6-12(11)17(15)21-16(23)10-24-18-19-13-7-3-4-8-14(13)20-18/h1-8,15,17,22H,9-10H2,(H,19,20)(H,21,23). The Balaban J connectivity index is 1.40. The van der Waals surface area contributed by atoms with Gasteiger partial charge in [-0.25, -0.2) is 4.98 Å². The van der Waals surface area contributed by atoms with Crippen molar-refractivity contribution in [1.82, 2.24) is 15.3 Å². The molecular weight excluding hydrogens is 322 g/mol. The second-order valence-electron chi connectivity index (χ2n) is 5.86. The summed E-state index contributed by atoms with van der Waals surface area (Å²) in [6, 6.07) is 15.3. The van der Waals surface area contributed by atoms with Crippen molar-refractivity contribution in [3.05, 3.63) is 59.7 Å². The first kappa shape index (κ1) is 15.2. The summed E-state index contributed by atoms with van der Waals surface area (Å²) >= 11 is 1.36. The van der Waals surface area contributed by atoms with E-state index in [9.17, 15) is 9.90 Å². The molecule has 4 rings (SSSR count). The van der Waals surface area contributed by atoms with Crippen LogP contribution in [0.25, 0.3) is 11.0 Å². The van der Waals surface area contributed by atoms with Crippen LogP contribution in [0.4, 0.5) is 0 Å². The molecule has 2 aromatic carbocycles. The van der Waals surface area contributed by atoms with Crippen molar-refractivity contribution in [2.24, 2.45) is 0 Å². The predicted molar refractivity (Wildman–Crippen MR) is 93.9 cm³/mol. The van der Waals surface area contributed by atoms with Gasteiger partial charge in [-0.05, 0) is 23.3 Å². The van der Waals surface area contributed by atoms with E-state index in [1.165, 1.54) is 11.8 Å². The molecule has 0 saturated heterocycles. The number of imidazole rings is 1. The Morgan fingerprint density at radius 1 is 1.25 bits per heavy atom. The molecule has 1 aliphatic carbocycles. The first-order valence-corrected chi connectivity index (χ1v) is 8.82. The Labute approximate surface area is 143 Å². The Kier molecular flexibility index (Phi) is 4.00. The van der Waals surface area contributed by atoms with E-state index in [-0.39, 0.29) is 17.7 Å². The number of H-pyrrole nitrogens is 1. The summed E-state index contributed by atoms with van der Waals surface area (Å²) in [5, 5.41) is 13.9. The molecule has 1 amide bonds. The van der Waals surface area contributed by atoms with Gasteiger partial charge in [0.15, 0.2) is 5.16 Å². The zero-order valence-electron chi connectivity index (χ0n) is 12.9. The van der Waals surface area contributed by atoms with Crippen molar-refractivity contribution in [2.75, 3.05) is 5.75 Å². The van der Waals surface area contributed by atoms with E-state index in [1.54, 1.807) is 0 Å². The van der Waals surface area contributed by atoms with Crippen LogP contribution in [0.2, 0.25) is 0 Å². The fourth-order valence-electron chi connectivity index (χ4n) is 3.09. The molecule has 0 bridgehead atoms. The van der Waals surface area contributed by atoms with Gasteiger partial charge in [-0.3, -0.25) is 4.79 Å². The first-order valence-electron chi connectivity index (χ1n) is 7.83. The number of benzene rings is 2. The number of carbonyl (C=O) groups excluding carboxylic acids is 1. The third kappa shape index (κ3) is 2.90. The highest BCUT2D eigenvalue weighted by molar-refractivity contribution is 7.99. The number of para-hydroxylation sites is 2. The van der Waals surface area contributed by atoms with Crippen LogP contribution in [-0.2, 0) is 11.2 Å². The molecule has 5 nitrogen and oxygen atoms in total. The lowest BCUT2D eigenvalue weighted by Gasteiger charge is -2.17. The third-order valence-electron chi connectivity index (χ3n) is 4.23. The van der Waals surface area contributed by atoms with Crippen molar-refractivity contribution in [2.45, 2.75) is 23.7 Å². The zero-order valence-corrected chi connectivity index (χ0v) is 13.7. The van der Waals surface area contributed by atoms with Gasteiger partial charge in [0.2, 0.25) is 5.91 Å². The molecule has 1 heterocycles. The van der Waals surface area contributed by atoms with Crippen LogP contribution in [0.3, 0.4) is 0 Å². The van der Waals surface area contributed by atoms with Crippen LogP contribution < -0.4 is 5.32 Å². The molecule has 3 N–H and O–H groups in total. The first-order chi connectivity index (χ1) is 11.7. The number of nitrogens with zero attached hydrogens (tertiary/aromatic N) is 1. The molecule has 6 heteroatoms. The average Bonchev–Trinajstić information content (AvgIpc) is 3.14. The second kappa shape index (κ2) is 6.30. The van der Waals surface area contributed by atoms with Crippen LogP contribution >= 0.6 is 11.8 Å². The number of nitrogens with one attached hydrogen (secondary N) is 2. The predicted octanol–water partition coefficient (Wildman–Crippen LogP) is 2.43. The number of aliphatic hydroxyl groups is 1. The monoisotopic (exact) mass is 339 g/mol. The molecule has 2 unspecified atom stereocenters. The Hall–Kier alpha value is -2.31. The maximum Gasteiger partial charge on any atom is 0.231 e. The molecule has 0 aliphatic heterocycles. The molecule has 24 heavy (non-hydrogen) atoms. The van der Waals surface area contributed by atoms with Crippen LogP contribution in [0, 0.1) is 0 Å². The number of thioether (sulfide) groups is 1. The molecule has 122 valence electrons. The Morgan fingerprint density at radius 3 is 2.92 bits per heavy atom. The van der Waals surface area contributed by atoms with Gasteiger partial charge in [0.1, 0.15) is 0 Å². The van der Waals surface area contributed by atoms with Gasteiger partial charge in [0.05, 0.1) is 28.9 Å². The summed E-state index contributed by atoms with van der Waals surface area (Å²) in [6.45, 7) is 0. The van der Waals surface area contributed by atoms with E-state index in [4.69, 9.17) is 0 Å². The van der Waals surface area contributed by atoms with Gasteiger partial charge in [-0.15, -0.1) is 0 Å². The van der Waals surface area contributed by atoms with E-state index in [1.807, 2.05) is 48.5 Å². The summed E-state index contributed by atoms with van der Waals surface area (Å²) in [4.78, 5) is 19.9. The van der Waals surface area contributed by atoms with Gasteiger partial charge >= 0.3 is 0 Å². The lowest BCUT2D eigenvalue weighted by atomic mass is 10.1.